The summed E-state index contributed by atoms with van der Waals surface area (Å²) in [4.78, 5) is 23.1. The first-order chi connectivity index (χ1) is 9.58. The Morgan fingerprint density at radius 1 is 1.05 bits per heavy atom. The Labute approximate surface area is 116 Å². The van der Waals surface area contributed by atoms with Gasteiger partial charge in [0.1, 0.15) is 5.75 Å². The van der Waals surface area contributed by atoms with Gasteiger partial charge in [0.2, 0.25) is 0 Å². The van der Waals surface area contributed by atoms with Gasteiger partial charge < -0.3 is 10.8 Å². The van der Waals surface area contributed by atoms with E-state index in [0.29, 0.717) is 5.56 Å². The third kappa shape index (κ3) is 3.11. The number of hydrogen-bond donors (Lipinski definition) is 2. The van der Waals surface area contributed by atoms with Gasteiger partial charge in [-0.25, -0.2) is 0 Å². The van der Waals surface area contributed by atoms with Crippen molar-refractivity contribution in [1.82, 2.24) is 0 Å². The van der Waals surface area contributed by atoms with Crippen molar-refractivity contribution in [3.8, 4) is 5.75 Å². The standard InChI is InChI=1S/C16H13NO3/c17-16(20)13-10-12(7-9-15(13)19)14(18)8-6-11-4-2-1-3-5-11/h1-10,19H,(H2,17,20). The number of amides is 1. The largest absolute Gasteiger partial charge is 0.507 e. The van der Waals surface area contributed by atoms with Gasteiger partial charge in [0.05, 0.1) is 5.56 Å². The van der Waals surface area contributed by atoms with E-state index >= 15 is 0 Å². The lowest BCUT2D eigenvalue weighted by Gasteiger charge is -2.02. The maximum absolute atomic E-state index is 12.0. The minimum Gasteiger partial charge on any atom is -0.507 e. The van der Waals surface area contributed by atoms with E-state index in [-0.39, 0.29) is 17.1 Å². The number of aromatic hydroxyl groups is 1. The second kappa shape index (κ2) is 5.84. The first-order valence-corrected chi connectivity index (χ1v) is 5.98. The predicted octanol–water partition coefficient (Wildman–Crippen LogP) is 2.39. The van der Waals surface area contributed by atoms with Crippen molar-refractivity contribution in [1.29, 1.82) is 0 Å². The van der Waals surface area contributed by atoms with Crippen LogP contribution in [0.15, 0.2) is 54.6 Å². The number of phenols is 1. The maximum atomic E-state index is 12.0. The van der Waals surface area contributed by atoms with Crippen LogP contribution in [-0.4, -0.2) is 16.8 Å². The van der Waals surface area contributed by atoms with E-state index < -0.39 is 5.91 Å². The number of benzene rings is 2. The molecular weight excluding hydrogens is 254 g/mol. The van der Waals surface area contributed by atoms with Gasteiger partial charge >= 0.3 is 0 Å². The second-order valence-corrected chi connectivity index (χ2v) is 4.20. The number of nitrogens with two attached hydrogens (primary N) is 1. The quantitative estimate of drug-likeness (QED) is 0.659. The average Bonchev–Trinajstić information content (AvgIpc) is 2.46. The van der Waals surface area contributed by atoms with E-state index in [1.807, 2.05) is 30.3 Å². The Morgan fingerprint density at radius 2 is 1.75 bits per heavy atom. The molecule has 4 heteroatoms. The zero-order valence-electron chi connectivity index (χ0n) is 10.6. The van der Waals surface area contributed by atoms with Crippen LogP contribution < -0.4 is 5.73 Å². The van der Waals surface area contributed by atoms with Crippen molar-refractivity contribution in [2.75, 3.05) is 0 Å². The van der Waals surface area contributed by atoms with Crippen LogP contribution in [0, 0.1) is 0 Å². The van der Waals surface area contributed by atoms with Gasteiger partial charge in [0.15, 0.2) is 5.78 Å². The minimum atomic E-state index is -0.774. The molecule has 0 aromatic heterocycles. The molecule has 0 fully saturated rings. The lowest BCUT2D eigenvalue weighted by Crippen LogP contribution is -2.12. The highest BCUT2D eigenvalue weighted by Crippen LogP contribution is 2.18. The highest BCUT2D eigenvalue weighted by molar-refractivity contribution is 6.08. The fourth-order valence-corrected chi connectivity index (χ4v) is 1.72. The first kappa shape index (κ1) is 13.5. The van der Waals surface area contributed by atoms with E-state index in [4.69, 9.17) is 5.73 Å². The summed E-state index contributed by atoms with van der Waals surface area (Å²) in [5, 5.41) is 9.46. The fourth-order valence-electron chi connectivity index (χ4n) is 1.72. The van der Waals surface area contributed by atoms with Crippen LogP contribution in [0.5, 0.6) is 5.75 Å². The molecule has 0 heterocycles. The second-order valence-electron chi connectivity index (χ2n) is 4.20. The molecule has 0 aliphatic carbocycles. The topological polar surface area (TPSA) is 80.4 Å². The summed E-state index contributed by atoms with van der Waals surface area (Å²) < 4.78 is 0. The van der Waals surface area contributed by atoms with Gasteiger partial charge in [0.25, 0.3) is 5.91 Å². The summed E-state index contributed by atoms with van der Waals surface area (Å²) in [6.45, 7) is 0. The molecule has 0 bridgehead atoms. The van der Waals surface area contributed by atoms with Crippen LogP contribution in [0.4, 0.5) is 0 Å². The van der Waals surface area contributed by atoms with Crippen LogP contribution >= 0.6 is 0 Å². The fraction of sp³-hybridized carbons (Fsp3) is 0. The van der Waals surface area contributed by atoms with Crippen molar-refractivity contribution >= 4 is 17.8 Å². The molecule has 3 N–H and O–H groups in total. The summed E-state index contributed by atoms with van der Waals surface area (Å²) >= 11 is 0. The molecule has 0 aliphatic heterocycles. The third-order valence-corrected chi connectivity index (χ3v) is 2.77. The van der Waals surface area contributed by atoms with Crippen molar-refractivity contribution < 1.29 is 14.7 Å². The Bertz CT molecular complexity index is 675. The maximum Gasteiger partial charge on any atom is 0.252 e. The van der Waals surface area contributed by atoms with E-state index in [9.17, 15) is 14.7 Å². The molecule has 1 amide bonds. The average molecular weight is 267 g/mol. The van der Waals surface area contributed by atoms with Crippen molar-refractivity contribution in [2.45, 2.75) is 0 Å². The molecule has 0 atom stereocenters. The molecule has 0 saturated heterocycles. The summed E-state index contributed by atoms with van der Waals surface area (Å²) in [7, 11) is 0. The van der Waals surface area contributed by atoms with Crippen LogP contribution in [0.2, 0.25) is 0 Å². The zero-order chi connectivity index (χ0) is 14.5. The first-order valence-electron chi connectivity index (χ1n) is 5.98. The highest BCUT2D eigenvalue weighted by atomic mass is 16.3. The van der Waals surface area contributed by atoms with Crippen LogP contribution in [0.3, 0.4) is 0 Å². The number of ketones is 1. The molecule has 100 valence electrons. The van der Waals surface area contributed by atoms with E-state index in [1.54, 1.807) is 6.08 Å². The lowest BCUT2D eigenvalue weighted by molar-refractivity contribution is 0.0997. The van der Waals surface area contributed by atoms with Crippen molar-refractivity contribution in [3.63, 3.8) is 0 Å². The summed E-state index contributed by atoms with van der Waals surface area (Å²) in [5.74, 6) is -1.28. The normalized spacial score (nSPS) is 10.6. The van der Waals surface area contributed by atoms with Gasteiger partial charge in [-0.3, -0.25) is 9.59 Å². The monoisotopic (exact) mass is 267 g/mol. The molecule has 2 aromatic rings. The van der Waals surface area contributed by atoms with Crippen molar-refractivity contribution in [3.05, 3.63) is 71.3 Å². The Hall–Kier alpha value is -2.88. The van der Waals surface area contributed by atoms with Crippen LogP contribution in [0.25, 0.3) is 6.08 Å². The van der Waals surface area contributed by atoms with Gasteiger partial charge in [-0.1, -0.05) is 36.4 Å². The molecule has 2 rings (SSSR count). The Kier molecular flexibility index (Phi) is 3.96. The zero-order valence-corrected chi connectivity index (χ0v) is 10.6. The molecule has 0 spiro atoms. The molecule has 2 aromatic carbocycles. The Morgan fingerprint density at radius 3 is 2.40 bits per heavy atom. The number of hydrogen-bond acceptors (Lipinski definition) is 3. The van der Waals surface area contributed by atoms with E-state index in [0.717, 1.165) is 5.56 Å². The predicted molar refractivity (Wildman–Crippen MR) is 76.4 cm³/mol. The van der Waals surface area contributed by atoms with Crippen LogP contribution in [0.1, 0.15) is 26.3 Å². The van der Waals surface area contributed by atoms with Crippen molar-refractivity contribution in [2.24, 2.45) is 5.73 Å². The lowest BCUT2D eigenvalue weighted by atomic mass is 10.0. The third-order valence-electron chi connectivity index (χ3n) is 2.77. The number of carbonyl (C=O) groups excluding carboxylic acids is 2. The molecule has 0 unspecified atom stereocenters. The number of carbonyl (C=O) groups is 2. The highest BCUT2D eigenvalue weighted by Gasteiger charge is 2.11. The summed E-state index contributed by atoms with van der Waals surface area (Å²) in [5.41, 5.74) is 6.25. The molecule has 0 saturated carbocycles. The Balaban J connectivity index is 2.24. The summed E-state index contributed by atoms with van der Waals surface area (Å²) in [6.07, 6.45) is 3.09. The van der Waals surface area contributed by atoms with Gasteiger partial charge in [-0.05, 0) is 29.8 Å². The van der Waals surface area contributed by atoms with Gasteiger partial charge in [0, 0.05) is 5.56 Å². The van der Waals surface area contributed by atoms with Crippen LogP contribution in [-0.2, 0) is 0 Å². The minimum absolute atomic E-state index is 0.0658. The smallest absolute Gasteiger partial charge is 0.252 e. The number of primary amides is 1. The molecule has 20 heavy (non-hydrogen) atoms. The van der Waals surface area contributed by atoms with E-state index in [1.165, 1.54) is 24.3 Å². The molecular formula is C16H13NO3. The van der Waals surface area contributed by atoms with Gasteiger partial charge in [-0.2, -0.15) is 0 Å². The SMILES string of the molecule is NC(=O)c1cc(C(=O)C=Cc2ccccc2)ccc1O. The summed E-state index contributed by atoms with van der Waals surface area (Å²) in [6, 6.07) is 13.4. The number of rotatable bonds is 4. The van der Waals surface area contributed by atoms with E-state index in [2.05, 4.69) is 0 Å². The number of allylic oxidation sites excluding steroid dienone is 1. The van der Waals surface area contributed by atoms with Gasteiger partial charge in [-0.15, -0.1) is 0 Å². The molecule has 0 radical (unpaired) electrons. The molecule has 4 nitrogen and oxygen atoms in total. The molecule has 0 aliphatic rings.